The highest BCUT2D eigenvalue weighted by Crippen LogP contribution is 2.14. The Morgan fingerprint density at radius 3 is 2.65 bits per heavy atom. The van der Waals surface area contributed by atoms with Crippen LogP contribution in [0.25, 0.3) is 0 Å². The molecule has 0 fully saturated rings. The second kappa shape index (κ2) is 9.32. The molecule has 0 aliphatic heterocycles. The number of nitrogens with zero attached hydrogens (tertiary/aromatic N) is 1. The number of carbonyl (C=O) groups is 1. The highest BCUT2D eigenvalue weighted by molar-refractivity contribution is 5.83. The van der Waals surface area contributed by atoms with E-state index >= 15 is 0 Å². The zero-order valence-corrected chi connectivity index (χ0v) is 14.4. The second-order valence-electron chi connectivity index (χ2n) is 6.29. The Kier molecular flexibility index (Phi) is 7.77. The van der Waals surface area contributed by atoms with E-state index in [1.165, 1.54) is 0 Å². The zero-order chi connectivity index (χ0) is 17.3. The van der Waals surface area contributed by atoms with E-state index in [0.717, 1.165) is 18.5 Å². The van der Waals surface area contributed by atoms with Crippen molar-refractivity contribution in [1.82, 2.24) is 4.98 Å². The van der Waals surface area contributed by atoms with Crippen LogP contribution >= 0.6 is 0 Å². The van der Waals surface area contributed by atoms with Gasteiger partial charge in [-0.25, -0.2) is 9.78 Å². The summed E-state index contributed by atoms with van der Waals surface area (Å²) in [5.41, 5.74) is 5.86. The first-order valence-corrected chi connectivity index (χ1v) is 7.75. The van der Waals surface area contributed by atoms with Gasteiger partial charge in [0.25, 0.3) is 0 Å². The lowest BCUT2D eigenvalue weighted by Crippen LogP contribution is -2.27. The van der Waals surface area contributed by atoms with E-state index in [9.17, 15) is 4.79 Å². The first-order valence-electron chi connectivity index (χ1n) is 7.75. The lowest BCUT2D eigenvalue weighted by molar-refractivity contribution is 0.0635. The van der Waals surface area contributed by atoms with Crippen LogP contribution in [0.2, 0.25) is 0 Å². The summed E-state index contributed by atoms with van der Waals surface area (Å²) in [5.74, 6) is 0.440. The van der Waals surface area contributed by atoms with Crippen molar-refractivity contribution in [2.24, 2.45) is 5.73 Å². The summed E-state index contributed by atoms with van der Waals surface area (Å²) in [5, 5.41) is 5.94. The Labute approximate surface area is 137 Å². The number of hydrogen-bond donors (Lipinski definition) is 3. The maximum absolute atomic E-state index is 11.7. The molecule has 1 heterocycles. The predicted octanol–water partition coefficient (Wildman–Crippen LogP) is 2.59. The van der Waals surface area contributed by atoms with Crippen molar-refractivity contribution in [3.05, 3.63) is 18.3 Å². The van der Waals surface area contributed by atoms with Gasteiger partial charge in [-0.1, -0.05) is 0 Å². The smallest absolute Gasteiger partial charge is 0.413 e. The lowest BCUT2D eigenvalue weighted by atomic mass is 10.1. The number of nitrogens with one attached hydrogen (secondary N) is 2. The maximum Gasteiger partial charge on any atom is 0.413 e. The van der Waals surface area contributed by atoms with Crippen molar-refractivity contribution < 1.29 is 14.3 Å². The van der Waals surface area contributed by atoms with Crippen LogP contribution in [0.15, 0.2) is 18.3 Å². The predicted molar refractivity (Wildman–Crippen MR) is 91.7 cm³/mol. The number of rotatable bonds is 8. The number of hydrogen-bond acceptors (Lipinski definition) is 6. The molecule has 0 aliphatic carbocycles. The van der Waals surface area contributed by atoms with Crippen molar-refractivity contribution in [2.75, 3.05) is 30.9 Å². The van der Waals surface area contributed by atoms with E-state index in [0.29, 0.717) is 19.0 Å². The molecule has 0 saturated heterocycles. The monoisotopic (exact) mass is 324 g/mol. The third-order valence-electron chi connectivity index (χ3n) is 2.89. The van der Waals surface area contributed by atoms with Crippen molar-refractivity contribution in [3.8, 4) is 0 Å². The molecule has 1 aromatic heterocycles. The summed E-state index contributed by atoms with van der Waals surface area (Å²) in [6.45, 7) is 6.68. The average Bonchev–Trinajstić information content (AvgIpc) is 2.45. The van der Waals surface area contributed by atoms with E-state index in [-0.39, 0.29) is 6.04 Å². The standard InChI is InChI=1S/C16H28N4O3/c1-16(2,3)23-15(21)20-14-8-7-12(10-18-14)19-13(11-22-4)6-5-9-17/h7-8,10,13,19H,5-6,9,11,17H2,1-4H3,(H,18,20,21). The number of nitrogens with two attached hydrogens (primary N) is 1. The van der Waals surface area contributed by atoms with E-state index in [1.54, 1.807) is 19.4 Å². The van der Waals surface area contributed by atoms with Crippen molar-refractivity contribution in [1.29, 1.82) is 0 Å². The van der Waals surface area contributed by atoms with Crippen LogP contribution in [0.4, 0.5) is 16.3 Å². The first kappa shape index (κ1) is 19.2. The number of aromatic nitrogens is 1. The molecule has 23 heavy (non-hydrogen) atoms. The Bertz CT molecular complexity index is 471. The summed E-state index contributed by atoms with van der Waals surface area (Å²) in [4.78, 5) is 15.9. The van der Waals surface area contributed by atoms with Gasteiger partial charge in [-0.15, -0.1) is 0 Å². The van der Waals surface area contributed by atoms with Gasteiger partial charge in [0.2, 0.25) is 0 Å². The third kappa shape index (κ3) is 8.37. The van der Waals surface area contributed by atoms with Crippen LogP contribution in [0.5, 0.6) is 0 Å². The fourth-order valence-electron chi connectivity index (χ4n) is 1.96. The van der Waals surface area contributed by atoms with Gasteiger partial charge in [-0.3, -0.25) is 5.32 Å². The number of pyridine rings is 1. The molecular weight excluding hydrogens is 296 g/mol. The number of amides is 1. The molecule has 1 aromatic rings. The summed E-state index contributed by atoms with van der Waals surface area (Å²) in [7, 11) is 1.67. The van der Waals surface area contributed by atoms with Crippen molar-refractivity contribution in [3.63, 3.8) is 0 Å². The van der Waals surface area contributed by atoms with Gasteiger partial charge in [0.15, 0.2) is 0 Å². The lowest BCUT2D eigenvalue weighted by Gasteiger charge is -2.20. The minimum atomic E-state index is -0.540. The van der Waals surface area contributed by atoms with E-state index in [2.05, 4.69) is 15.6 Å². The molecule has 1 atom stereocenters. The quantitative estimate of drug-likeness (QED) is 0.680. The Morgan fingerprint density at radius 2 is 2.13 bits per heavy atom. The van der Waals surface area contributed by atoms with Gasteiger partial charge in [0, 0.05) is 13.2 Å². The summed E-state index contributed by atoms with van der Waals surface area (Å²) < 4.78 is 10.4. The van der Waals surface area contributed by atoms with Gasteiger partial charge < -0.3 is 20.5 Å². The van der Waals surface area contributed by atoms with Gasteiger partial charge in [0.05, 0.1) is 18.5 Å². The molecule has 0 aromatic carbocycles. The highest BCUT2D eigenvalue weighted by Gasteiger charge is 2.16. The molecule has 1 rings (SSSR count). The van der Waals surface area contributed by atoms with E-state index < -0.39 is 11.7 Å². The Balaban J connectivity index is 2.56. The van der Waals surface area contributed by atoms with Crippen LogP contribution in [0.1, 0.15) is 33.6 Å². The van der Waals surface area contributed by atoms with Gasteiger partial charge in [0.1, 0.15) is 11.4 Å². The third-order valence-corrected chi connectivity index (χ3v) is 2.89. The van der Waals surface area contributed by atoms with Crippen LogP contribution < -0.4 is 16.4 Å². The average molecular weight is 324 g/mol. The number of carbonyl (C=O) groups excluding carboxylic acids is 1. The van der Waals surface area contributed by atoms with Gasteiger partial charge >= 0.3 is 6.09 Å². The molecular formula is C16H28N4O3. The van der Waals surface area contributed by atoms with Crippen molar-refractivity contribution in [2.45, 2.75) is 45.3 Å². The van der Waals surface area contributed by atoms with Gasteiger partial charge in [-0.05, 0) is 52.3 Å². The highest BCUT2D eigenvalue weighted by atomic mass is 16.6. The molecule has 4 N–H and O–H groups in total. The molecule has 0 aliphatic rings. The fraction of sp³-hybridized carbons (Fsp3) is 0.625. The van der Waals surface area contributed by atoms with Gasteiger partial charge in [-0.2, -0.15) is 0 Å². The Hall–Kier alpha value is -1.86. The zero-order valence-electron chi connectivity index (χ0n) is 14.4. The second-order valence-corrected chi connectivity index (χ2v) is 6.29. The first-order chi connectivity index (χ1) is 10.8. The number of methoxy groups -OCH3 is 1. The molecule has 0 radical (unpaired) electrons. The van der Waals surface area contributed by atoms with Crippen LogP contribution in [-0.2, 0) is 9.47 Å². The molecule has 7 nitrogen and oxygen atoms in total. The molecule has 7 heteroatoms. The van der Waals surface area contributed by atoms with E-state index in [4.69, 9.17) is 15.2 Å². The number of ether oxygens (including phenoxy) is 2. The molecule has 130 valence electrons. The summed E-state index contributed by atoms with van der Waals surface area (Å²) in [6.07, 6.45) is 2.98. The number of anilines is 2. The van der Waals surface area contributed by atoms with Crippen molar-refractivity contribution >= 4 is 17.6 Å². The summed E-state index contributed by atoms with van der Waals surface area (Å²) in [6, 6.07) is 3.75. The minimum Gasteiger partial charge on any atom is -0.444 e. The van der Waals surface area contributed by atoms with Crippen LogP contribution in [-0.4, -0.2) is 43.0 Å². The SMILES string of the molecule is COCC(CCCN)Nc1ccc(NC(=O)OC(C)(C)C)nc1. The Morgan fingerprint density at radius 1 is 1.39 bits per heavy atom. The maximum atomic E-state index is 11.7. The normalized spacial score (nSPS) is 12.6. The summed E-state index contributed by atoms with van der Waals surface area (Å²) >= 11 is 0. The fourth-order valence-corrected chi connectivity index (χ4v) is 1.96. The van der Waals surface area contributed by atoms with Crippen LogP contribution in [0, 0.1) is 0 Å². The molecule has 0 spiro atoms. The molecule has 1 amide bonds. The largest absolute Gasteiger partial charge is 0.444 e. The topological polar surface area (TPSA) is 98.5 Å². The van der Waals surface area contributed by atoms with E-state index in [1.807, 2.05) is 26.8 Å². The molecule has 1 unspecified atom stereocenters. The molecule has 0 bridgehead atoms. The minimum absolute atomic E-state index is 0.176. The van der Waals surface area contributed by atoms with Crippen LogP contribution in [0.3, 0.4) is 0 Å². The molecule has 0 saturated carbocycles.